The first-order valence-corrected chi connectivity index (χ1v) is 3.64. The van der Waals surface area contributed by atoms with Gasteiger partial charge in [-0.15, -0.1) is 0 Å². The van der Waals surface area contributed by atoms with Crippen molar-refractivity contribution in [1.29, 1.82) is 0 Å². The number of aromatic nitrogens is 2. The average Bonchev–Trinajstić information content (AvgIpc) is 2.40. The van der Waals surface area contributed by atoms with Crippen molar-refractivity contribution < 1.29 is 4.79 Å². The third-order valence-electron chi connectivity index (χ3n) is 1.84. The van der Waals surface area contributed by atoms with Crippen LogP contribution >= 0.6 is 0 Å². The highest BCUT2D eigenvalue weighted by Gasteiger charge is 2.15. The van der Waals surface area contributed by atoms with E-state index in [4.69, 9.17) is 0 Å². The van der Waals surface area contributed by atoms with Gasteiger partial charge < -0.3 is 5.32 Å². The molecule has 1 aromatic heterocycles. The molecule has 0 bridgehead atoms. The lowest BCUT2D eigenvalue weighted by Gasteiger charge is -1.93. The molecule has 0 fully saturated rings. The molecule has 0 saturated carbocycles. The van der Waals surface area contributed by atoms with Gasteiger partial charge in [0.2, 0.25) is 0 Å². The Hall–Kier alpha value is -1.16. The molecule has 1 aromatic rings. The first-order chi connectivity index (χ1) is 5.38. The van der Waals surface area contributed by atoms with Crippen LogP contribution in [0.2, 0.25) is 0 Å². The van der Waals surface area contributed by atoms with Crippen LogP contribution in [0.4, 0.5) is 0 Å². The zero-order chi connectivity index (χ0) is 7.68. The maximum absolute atomic E-state index is 11.3. The zero-order valence-electron chi connectivity index (χ0n) is 6.05. The lowest BCUT2D eigenvalue weighted by molar-refractivity contribution is 0.0980. The molecule has 0 unspecified atom stereocenters. The SMILES string of the molecule is O=C1CCNCc2cn[nH]c21. The molecule has 4 nitrogen and oxygen atoms in total. The number of carbonyl (C=O) groups is 1. The Balaban J connectivity index is 2.41. The first kappa shape index (κ1) is 6.54. The Labute approximate surface area is 64.0 Å². The van der Waals surface area contributed by atoms with Crippen LogP contribution in [-0.2, 0) is 6.54 Å². The molecule has 1 aliphatic heterocycles. The van der Waals surface area contributed by atoms with Crippen molar-refractivity contribution in [3.05, 3.63) is 17.5 Å². The fourth-order valence-electron chi connectivity index (χ4n) is 1.24. The number of aromatic amines is 1. The van der Waals surface area contributed by atoms with Crippen LogP contribution in [0.5, 0.6) is 0 Å². The number of rotatable bonds is 0. The van der Waals surface area contributed by atoms with Gasteiger partial charge >= 0.3 is 0 Å². The van der Waals surface area contributed by atoms with E-state index in [1.54, 1.807) is 6.20 Å². The van der Waals surface area contributed by atoms with Crippen LogP contribution in [0.25, 0.3) is 0 Å². The second kappa shape index (κ2) is 2.47. The smallest absolute Gasteiger partial charge is 0.182 e. The van der Waals surface area contributed by atoms with E-state index in [1.165, 1.54) is 0 Å². The average molecular weight is 151 g/mol. The third-order valence-corrected chi connectivity index (χ3v) is 1.84. The van der Waals surface area contributed by atoms with E-state index in [-0.39, 0.29) is 5.78 Å². The highest BCUT2D eigenvalue weighted by atomic mass is 16.1. The summed E-state index contributed by atoms with van der Waals surface area (Å²) >= 11 is 0. The fourth-order valence-corrected chi connectivity index (χ4v) is 1.24. The normalized spacial score (nSPS) is 17.6. The summed E-state index contributed by atoms with van der Waals surface area (Å²) in [5.41, 5.74) is 1.66. The highest BCUT2D eigenvalue weighted by molar-refractivity contribution is 5.95. The molecule has 0 aliphatic carbocycles. The van der Waals surface area contributed by atoms with Gasteiger partial charge in [-0.3, -0.25) is 9.89 Å². The van der Waals surface area contributed by atoms with Crippen molar-refractivity contribution in [2.24, 2.45) is 0 Å². The van der Waals surface area contributed by atoms with Gasteiger partial charge in [0, 0.05) is 25.1 Å². The largest absolute Gasteiger partial charge is 0.312 e. The molecule has 1 aliphatic rings. The minimum atomic E-state index is 0.155. The topological polar surface area (TPSA) is 57.8 Å². The Bertz CT molecular complexity index is 279. The van der Waals surface area contributed by atoms with Crippen LogP contribution < -0.4 is 5.32 Å². The summed E-state index contributed by atoms with van der Waals surface area (Å²) in [5, 5.41) is 9.66. The van der Waals surface area contributed by atoms with E-state index in [0.717, 1.165) is 18.7 Å². The van der Waals surface area contributed by atoms with Crippen molar-refractivity contribution in [3.8, 4) is 0 Å². The molecule has 0 radical (unpaired) electrons. The highest BCUT2D eigenvalue weighted by Crippen LogP contribution is 2.09. The van der Waals surface area contributed by atoms with Gasteiger partial charge in [-0.1, -0.05) is 0 Å². The molecule has 2 N–H and O–H groups in total. The van der Waals surface area contributed by atoms with Gasteiger partial charge in [-0.25, -0.2) is 0 Å². The summed E-state index contributed by atoms with van der Waals surface area (Å²) in [6.07, 6.45) is 2.26. The van der Waals surface area contributed by atoms with Gasteiger partial charge in [0.1, 0.15) is 5.69 Å². The Kier molecular flexibility index (Phi) is 1.47. The third kappa shape index (κ3) is 1.05. The Morgan fingerprint density at radius 1 is 1.55 bits per heavy atom. The van der Waals surface area contributed by atoms with E-state index < -0.39 is 0 Å². The van der Waals surface area contributed by atoms with Crippen molar-refractivity contribution in [3.63, 3.8) is 0 Å². The summed E-state index contributed by atoms with van der Waals surface area (Å²) < 4.78 is 0. The molecule has 11 heavy (non-hydrogen) atoms. The quantitative estimate of drug-likeness (QED) is 0.552. The summed E-state index contributed by atoms with van der Waals surface area (Å²) in [4.78, 5) is 11.3. The van der Waals surface area contributed by atoms with Gasteiger partial charge in [-0.2, -0.15) is 5.10 Å². The van der Waals surface area contributed by atoms with Crippen molar-refractivity contribution in [2.75, 3.05) is 6.54 Å². The number of carbonyl (C=O) groups excluding carboxylic acids is 1. The number of ketones is 1. The molecule has 0 aromatic carbocycles. The summed E-state index contributed by atoms with van der Waals surface area (Å²) in [6.45, 7) is 1.51. The predicted octanol–water partition coefficient (Wildman–Crippen LogP) is 0.0857. The summed E-state index contributed by atoms with van der Waals surface area (Å²) in [7, 11) is 0. The lowest BCUT2D eigenvalue weighted by atomic mass is 10.2. The van der Waals surface area contributed by atoms with E-state index in [0.29, 0.717) is 12.1 Å². The molecule has 0 amide bonds. The van der Waals surface area contributed by atoms with E-state index in [9.17, 15) is 4.79 Å². The molecule has 58 valence electrons. The number of hydrogen-bond donors (Lipinski definition) is 2. The molecule has 0 spiro atoms. The van der Waals surface area contributed by atoms with Crippen LogP contribution in [0.1, 0.15) is 22.5 Å². The van der Waals surface area contributed by atoms with Gasteiger partial charge in [-0.05, 0) is 0 Å². The second-order valence-electron chi connectivity index (χ2n) is 2.62. The molecular weight excluding hydrogens is 142 g/mol. The van der Waals surface area contributed by atoms with Crippen LogP contribution in [0.3, 0.4) is 0 Å². The predicted molar refractivity (Wildman–Crippen MR) is 39.2 cm³/mol. The van der Waals surface area contributed by atoms with Crippen LogP contribution in [0.15, 0.2) is 6.20 Å². The number of H-pyrrole nitrogens is 1. The number of Topliss-reactive ketones (excluding diaryl/α,β-unsaturated/α-hetero) is 1. The maximum Gasteiger partial charge on any atom is 0.182 e. The molecule has 2 rings (SSSR count). The van der Waals surface area contributed by atoms with Crippen molar-refractivity contribution >= 4 is 5.78 Å². The monoisotopic (exact) mass is 151 g/mol. The van der Waals surface area contributed by atoms with E-state index in [2.05, 4.69) is 15.5 Å². The maximum atomic E-state index is 11.3. The van der Waals surface area contributed by atoms with Gasteiger partial charge in [0.25, 0.3) is 0 Å². The first-order valence-electron chi connectivity index (χ1n) is 3.64. The Morgan fingerprint density at radius 2 is 2.45 bits per heavy atom. The Morgan fingerprint density at radius 3 is 3.36 bits per heavy atom. The van der Waals surface area contributed by atoms with E-state index >= 15 is 0 Å². The number of nitrogens with one attached hydrogen (secondary N) is 2. The zero-order valence-corrected chi connectivity index (χ0v) is 6.05. The second-order valence-corrected chi connectivity index (χ2v) is 2.62. The molecule has 0 atom stereocenters. The number of fused-ring (bicyclic) bond motifs is 1. The standard InChI is InChI=1S/C7H9N3O/c11-6-1-2-8-3-5-4-9-10-7(5)6/h4,8H,1-3H2,(H,9,10). The van der Waals surface area contributed by atoms with Gasteiger partial charge in [0.05, 0.1) is 6.20 Å². The summed E-state index contributed by atoms with van der Waals surface area (Å²) in [5.74, 6) is 0.155. The minimum Gasteiger partial charge on any atom is -0.312 e. The van der Waals surface area contributed by atoms with Crippen molar-refractivity contribution in [1.82, 2.24) is 15.5 Å². The summed E-state index contributed by atoms with van der Waals surface area (Å²) in [6, 6.07) is 0. The lowest BCUT2D eigenvalue weighted by Crippen LogP contribution is -2.12. The molecule has 2 heterocycles. The number of hydrogen-bond acceptors (Lipinski definition) is 3. The minimum absolute atomic E-state index is 0.155. The fraction of sp³-hybridized carbons (Fsp3) is 0.429. The number of nitrogens with zero attached hydrogens (tertiary/aromatic N) is 1. The van der Waals surface area contributed by atoms with Gasteiger partial charge in [0.15, 0.2) is 5.78 Å². The van der Waals surface area contributed by atoms with E-state index in [1.807, 2.05) is 0 Å². The molecule has 0 saturated heterocycles. The molecule has 4 heteroatoms. The molecular formula is C7H9N3O. The van der Waals surface area contributed by atoms with Crippen molar-refractivity contribution in [2.45, 2.75) is 13.0 Å². The van der Waals surface area contributed by atoms with Crippen LogP contribution in [-0.4, -0.2) is 22.5 Å². The van der Waals surface area contributed by atoms with Crippen LogP contribution in [0, 0.1) is 0 Å².